The van der Waals surface area contributed by atoms with Gasteiger partial charge < -0.3 is 24.8 Å². The van der Waals surface area contributed by atoms with E-state index in [-0.39, 0.29) is 18.3 Å². The number of methoxy groups -OCH3 is 2. The fraction of sp³-hybridized carbons (Fsp3) is 0.458. The molecule has 2 aromatic rings. The number of phenols is 1. The number of ether oxygens (including phenoxy) is 2. The highest BCUT2D eigenvalue weighted by Gasteiger charge is 2.26. The van der Waals surface area contributed by atoms with Gasteiger partial charge in [-0.1, -0.05) is 6.07 Å². The summed E-state index contributed by atoms with van der Waals surface area (Å²) in [5, 5.41) is 12.9. The first-order valence-corrected chi connectivity index (χ1v) is 10.6. The quantitative estimate of drug-likeness (QED) is 0.639. The van der Waals surface area contributed by atoms with Crippen molar-refractivity contribution in [2.75, 3.05) is 40.4 Å². The van der Waals surface area contributed by atoms with Crippen LogP contribution in [0.15, 0.2) is 30.3 Å². The summed E-state index contributed by atoms with van der Waals surface area (Å²) < 4.78 is 10.8. The summed E-state index contributed by atoms with van der Waals surface area (Å²) >= 11 is 0. The molecule has 1 aliphatic heterocycles. The minimum Gasteiger partial charge on any atom is -0.508 e. The van der Waals surface area contributed by atoms with E-state index in [0.29, 0.717) is 24.6 Å². The molecule has 1 unspecified atom stereocenters. The molecule has 1 atom stereocenters. The van der Waals surface area contributed by atoms with Gasteiger partial charge in [-0.15, -0.1) is 12.4 Å². The Labute approximate surface area is 190 Å². The minimum atomic E-state index is 0. The third-order valence-electron chi connectivity index (χ3n) is 6.30. The number of hydrogen-bond acceptors (Lipinski definition) is 5. The van der Waals surface area contributed by atoms with E-state index in [9.17, 15) is 9.90 Å². The molecule has 0 aromatic heterocycles. The number of carbonyl (C=O) groups excluding carboxylic acids is 1. The molecular formula is C24H31ClN2O4. The third-order valence-corrected chi connectivity index (χ3v) is 6.30. The predicted molar refractivity (Wildman–Crippen MR) is 123 cm³/mol. The van der Waals surface area contributed by atoms with Gasteiger partial charge in [0.2, 0.25) is 5.91 Å². The SMILES string of the molecule is COc1cc2c(cc1OC)CCN(C(=O)CCNCC1Cc3cc(O)ccc31)CC2.Cl. The number of aromatic hydroxyl groups is 1. The van der Waals surface area contributed by atoms with Gasteiger partial charge in [-0.05, 0) is 65.8 Å². The largest absolute Gasteiger partial charge is 0.508 e. The molecule has 2 aliphatic rings. The van der Waals surface area contributed by atoms with Gasteiger partial charge in [0.25, 0.3) is 0 Å². The summed E-state index contributed by atoms with van der Waals surface area (Å²) in [6.45, 7) is 3.03. The molecule has 1 amide bonds. The number of benzene rings is 2. The second kappa shape index (κ2) is 10.2. The van der Waals surface area contributed by atoms with Crippen molar-refractivity contribution in [3.8, 4) is 17.2 Å². The monoisotopic (exact) mass is 446 g/mol. The lowest BCUT2D eigenvalue weighted by Gasteiger charge is -2.30. The Morgan fingerprint density at radius 1 is 1.06 bits per heavy atom. The average Bonchev–Trinajstić information content (AvgIpc) is 2.95. The first-order valence-electron chi connectivity index (χ1n) is 10.6. The van der Waals surface area contributed by atoms with Gasteiger partial charge in [0.1, 0.15) is 5.75 Å². The molecule has 2 N–H and O–H groups in total. The number of nitrogens with zero attached hydrogens (tertiary/aromatic N) is 1. The van der Waals surface area contributed by atoms with Gasteiger partial charge in [-0.3, -0.25) is 4.79 Å². The van der Waals surface area contributed by atoms with E-state index in [0.717, 1.165) is 50.4 Å². The molecule has 7 heteroatoms. The predicted octanol–water partition coefficient (Wildman–Crippen LogP) is 3.08. The fourth-order valence-corrected chi connectivity index (χ4v) is 4.52. The van der Waals surface area contributed by atoms with Crippen LogP contribution in [0.3, 0.4) is 0 Å². The highest BCUT2D eigenvalue weighted by Crippen LogP contribution is 2.36. The average molecular weight is 447 g/mol. The van der Waals surface area contributed by atoms with E-state index in [4.69, 9.17) is 9.47 Å². The van der Waals surface area contributed by atoms with Crippen molar-refractivity contribution in [3.63, 3.8) is 0 Å². The lowest BCUT2D eigenvalue weighted by Crippen LogP contribution is -2.36. The normalized spacial score (nSPS) is 16.8. The Morgan fingerprint density at radius 3 is 2.29 bits per heavy atom. The number of halogens is 1. The summed E-state index contributed by atoms with van der Waals surface area (Å²) in [4.78, 5) is 14.7. The molecule has 0 radical (unpaired) electrons. The first kappa shape index (κ1) is 23.2. The Kier molecular flexibility index (Phi) is 7.68. The van der Waals surface area contributed by atoms with Crippen molar-refractivity contribution in [1.82, 2.24) is 10.2 Å². The van der Waals surface area contributed by atoms with E-state index in [1.165, 1.54) is 22.3 Å². The van der Waals surface area contributed by atoms with Crippen molar-refractivity contribution in [1.29, 1.82) is 0 Å². The van der Waals surface area contributed by atoms with Crippen molar-refractivity contribution in [3.05, 3.63) is 52.6 Å². The number of amides is 1. The van der Waals surface area contributed by atoms with Crippen LogP contribution in [0, 0.1) is 0 Å². The zero-order valence-corrected chi connectivity index (χ0v) is 19.0. The third kappa shape index (κ3) is 5.08. The summed E-state index contributed by atoms with van der Waals surface area (Å²) in [5.74, 6) is 2.50. The molecule has 168 valence electrons. The molecule has 1 aliphatic carbocycles. The maximum Gasteiger partial charge on any atom is 0.223 e. The van der Waals surface area contributed by atoms with Gasteiger partial charge in [0, 0.05) is 38.5 Å². The van der Waals surface area contributed by atoms with Crippen LogP contribution < -0.4 is 14.8 Å². The van der Waals surface area contributed by atoms with Crippen molar-refractivity contribution in [2.24, 2.45) is 0 Å². The summed E-state index contributed by atoms with van der Waals surface area (Å²) in [6.07, 6.45) is 3.17. The molecule has 0 spiro atoms. The van der Waals surface area contributed by atoms with Crippen LogP contribution in [0.4, 0.5) is 0 Å². The summed E-state index contributed by atoms with van der Waals surface area (Å²) in [7, 11) is 3.30. The van der Waals surface area contributed by atoms with Crippen molar-refractivity contribution in [2.45, 2.75) is 31.6 Å². The van der Waals surface area contributed by atoms with Gasteiger partial charge in [0.15, 0.2) is 11.5 Å². The maximum atomic E-state index is 12.7. The zero-order chi connectivity index (χ0) is 21.1. The molecule has 4 rings (SSSR count). The van der Waals surface area contributed by atoms with Crippen LogP contribution in [0.1, 0.15) is 34.6 Å². The van der Waals surface area contributed by atoms with Crippen LogP contribution in [-0.2, 0) is 24.1 Å². The van der Waals surface area contributed by atoms with E-state index >= 15 is 0 Å². The van der Waals surface area contributed by atoms with Crippen LogP contribution in [-0.4, -0.2) is 56.3 Å². The van der Waals surface area contributed by atoms with Crippen molar-refractivity contribution < 1.29 is 19.4 Å². The number of phenolic OH excluding ortho intramolecular Hbond substituents is 1. The lowest BCUT2D eigenvalue weighted by atomic mass is 9.77. The van der Waals surface area contributed by atoms with Crippen LogP contribution in [0.2, 0.25) is 0 Å². The highest BCUT2D eigenvalue weighted by atomic mass is 35.5. The van der Waals surface area contributed by atoms with Gasteiger partial charge in [-0.2, -0.15) is 0 Å². The van der Waals surface area contributed by atoms with Crippen LogP contribution >= 0.6 is 12.4 Å². The first-order chi connectivity index (χ1) is 14.6. The van der Waals surface area contributed by atoms with Crippen molar-refractivity contribution >= 4 is 18.3 Å². The number of nitrogens with one attached hydrogen (secondary N) is 1. The van der Waals surface area contributed by atoms with Gasteiger partial charge in [-0.25, -0.2) is 0 Å². The number of rotatable bonds is 7. The summed E-state index contributed by atoms with van der Waals surface area (Å²) in [5.41, 5.74) is 5.00. The molecule has 0 fully saturated rings. The Balaban J connectivity index is 0.00000272. The lowest BCUT2D eigenvalue weighted by molar-refractivity contribution is -0.131. The van der Waals surface area contributed by atoms with Crippen LogP contribution in [0.25, 0.3) is 0 Å². The standard InChI is InChI=1S/C24H30N2O4.ClH/c1-29-22-13-16-6-9-26(10-7-17(16)14-23(22)30-2)24(28)5-8-25-15-19-11-18-12-20(27)3-4-21(18)19;/h3-4,12-14,19,25,27H,5-11,15H2,1-2H3;1H. The maximum absolute atomic E-state index is 12.7. The van der Waals surface area contributed by atoms with E-state index in [1.54, 1.807) is 20.3 Å². The van der Waals surface area contributed by atoms with Crippen LogP contribution in [0.5, 0.6) is 17.2 Å². The number of carbonyl (C=O) groups is 1. The molecule has 1 heterocycles. The summed E-state index contributed by atoms with van der Waals surface area (Å²) in [6, 6.07) is 9.68. The van der Waals surface area contributed by atoms with E-state index in [1.807, 2.05) is 29.2 Å². The fourth-order valence-electron chi connectivity index (χ4n) is 4.52. The molecule has 0 saturated heterocycles. The van der Waals surface area contributed by atoms with Gasteiger partial charge in [0.05, 0.1) is 14.2 Å². The zero-order valence-electron chi connectivity index (χ0n) is 18.1. The smallest absolute Gasteiger partial charge is 0.223 e. The molecule has 6 nitrogen and oxygen atoms in total. The number of hydrogen-bond donors (Lipinski definition) is 2. The molecule has 0 bridgehead atoms. The second-order valence-electron chi connectivity index (χ2n) is 8.09. The Bertz CT molecular complexity index is 899. The molecular weight excluding hydrogens is 416 g/mol. The second-order valence-corrected chi connectivity index (χ2v) is 8.09. The molecule has 0 saturated carbocycles. The van der Waals surface area contributed by atoms with Gasteiger partial charge >= 0.3 is 0 Å². The molecule has 2 aromatic carbocycles. The minimum absolute atomic E-state index is 0. The topological polar surface area (TPSA) is 71.0 Å². The highest BCUT2D eigenvalue weighted by molar-refractivity contribution is 5.85. The molecule has 31 heavy (non-hydrogen) atoms. The Morgan fingerprint density at radius 2 is 1.71 bits per heavy atom. The Hall–Kier alpha value is -2.44. The van der Waals surface area contributed by atoms with E-state index in [2.05, 4.69) is 5.32 Å². The van der Waals surface area contributed by atoms with E-state index < -0.39 is 0 Å². The number of fused-ring (bicyclic) bond motifs is 2.